The summed E-state index contributed by atoms with van der Waals surface area (Å²) >= 11 is 0. The number of aliphatic imine (C=N–C) groups is 1. The topological polar surface area (TPSA) is 59.4 Å². The average Bonchev–Trinajstić information content (AvgIpc) is 2.81. The van der Waals surface area contributed by atoms with Gasteiger partial charge in [0.05, 0.1) is 0 Å². The lowest BCUT2D eigenvalue weighted by Gasteiger charge is -2.31. The highest BCUT2D eigenvalue weighted by Crippen LogP contribution is 2.19. The van der Waals surface area contributed by atoms with E-state index in [0.717, 1.165) is 24.1 Å². The number of imidazole rings is 1. The summed E-state index contributed by atoms with van der Waals surface area (Å²) in [6, 6.07) is 0. The van der Waals surface area contributed by atoms with Crippen molar-refractivity contribution in [1.29, 1.82) is 0 Å². The van der Waals surface area contributed by atoms with Gasteiger partial charge >= 0.3 is 6.18 Å². The largest absolute Gasteiger partial charge is 0.406 e. The fourth-order valence-corrected chi connectivity index (χ4v) is 2.48. The van der Waals surface area contributed by atoms with Crippen LogP contribution < -0.4 is 5.73 Å². The van der Waals surface area contributed by atoms with Crippen LogP contribution in [0, 0.1) is 5.92 Å². The molecule has 1 atom stereocenters. The molecule has 2 N–H and O–H groups in total. The molecule has 0 aliphatic carbocycles. The van der Waals surface area contributed by atoms with E-state index in [4.69, 9.17) is 5.73 Å². The zero-order chi connectivity index (χ0) is 15.5. The first kappa shape index (κ1) is 15.7. The predicted octanol–water partition coefficient (Wildman–Crippen LogP) is 1.99. The summed E-state index contributed by atoms with van der Waals surface area (Å²) in [5, 5.41) is 0. The second kappa shape index (κ2) is 6.36. The summed E-state index contributed by atoms with van der Waals surface area (Å²) in [6.07, 6.45) is 0.597. The minimum Gasteiger partial charge on any atom is -0.370 e. The van der Waals surface area contributed by atoms with Gasteiger partial charge in [-0.1, -0.05) is 6.92 Å². The number of hydrogen-bond donors (Lipinski definition) is 1. The van der Waals surface area contributed by atoms with Gasteiger partial charge in [0.1, 0.15) is 18.9 Å². The first-order valence-corrected chi connectivity index (χ1v) is 6.97. The Bertz CT molecular complexity index is 494. The highest BCUT2D eigenvalue weighted by atomic mass is 19.4. The number of likely N-dealkylation sites (tertiary alicyclic amines) is 1. The summed E-state index contributed by atoms with van der Waals surface area (Å²) in [5.74, 6) is 1.20. The number of halogens is 3. The van der Waals surface area contributed by atoms with Crippen molar-refractivity contribution in [3.8, 4) is 0 Å². The highest BCUT2D eigenvalue weighted by molar-refractivity contribution is 5.78. The van der Waals surface area contributed by atoms with Crippen molar-refractivity contribution in [2.45, 2.75) is 39.0 Å². The van der Waals surface area contributed by atoms with Gasteiger partial charge in [0.2, 0.25) is 0 Å². The van der Waals surface area contributed by atoms with E-state index in [1.165, 1.54) is 18.8 Å². The Kier molecular flexibility index (Phi) is 4.74. The quantitative estimate of drug-likeness (QED) is 0.686. The van der Waals surface area contributed by atoms with Crippen molar-refractivity contribution in [1.82, 2.24) is 14.5 Å². The number of alkyl halides is 3. The number of rotatable bonds is 3. The van der Waals surface area contributed by atoms with Gasteiger partial charge in [0.25, 0.3) is 0 Å². The van der Waals surface area contributed by atoms with Crippen LogP contribution in [0.3, 0.4) is 0 Å². The van der Waals surface area contributed by atoms with Gasteiger partial charge in [-0.3, -0.25) is 0 Å². The molecular formula is C13H20F3N5. The van der Waals surface area contributed by atoms with Gasteiger partial charge in [0, 0.05) is 25.5 Å². The second-order valence-corrected chi connectivity index (χ2v) is 5.45. The Balaban J connectivity index is 1.98. The SMILES string of the molecule is CC1CCCN(C(N)=NCc2nccn2CC(F)(F)F)C1. The van der Waals surface area contributed by atoms with Crippen molar-refractivity contribution in [2.24, 2.45) is 16.6 Å². The van der Waals surface area contributed by atoms with Gasteiger partial charge in [-0.25, -0.2) is 9.98 Å². The molecule has 8 heteroatoms. The molecule has 118 valence electrons. The highest BCUT2D eigenvalue weighted by Gasteiger charge is 2.28. The van der Waals surface area contributed by atoms with Crippen molar-refractivity contribution in [3.05, 3.63) is 18.2 Å². The number of nitrogens with two attached hydrogens (primary N) is 1. The summed E-state index contributed by atoms with van der Waals surface area (Å²) in [4.78, 5) is 10.1. The Hall–Kier alpha value is -1.73. The molecule has 0 saturated carbocycles. The molecule has 1 aliphatic heterocycles. The zero-order valence-electron chi connectivity index (χ0n) is 12.0. The standard InChI is InChI=1S/C13H20F3N5/c1-10-3-2-5-20(8-10)12(17)19-7-11-18-4-6-21(11)9-13(14,15)16/h4,6,10H,2-3,5,7-9H2,1H3,(H2,17,19). The van der Waals surface area contributed by atoms with Crippen LogP contribution in [0.1, 0.15) is 25.6 Å². The molecule has 2 rings (SSSR count). The molecule has 0 bridgehead atoms. The van der Waals surface area contributed by atoms with Crippen LogP contribution in [0.5, 0.6) is 0 Å². The number of nitrogens with zero attached hydrogens (tertiary/aromatic N) is 4. The molecule has 0 amide bonds. The van der Waals surface area contributed by atoms with Gasteiger partial charge < -0.3 is 15.2 Å². The van der Waals surface area contributed by atoms with E-state index in [-0.39, 0.29) is 12.4 Å². The van der Waals surface area contributed by atoms with Crippen LogP contribution in [0.2, 0.25) is 0 Å². The number of piperidine rings is 1. The van der Waals surface area contributed by atoms with Crippen LogP contribution in [0.15, 0.2) is 17.4 Å². The number of aromatic nitrogens is 2. The Morgan fingerprint density at radius 1 is 1.52 bits per heavy atom. The fraction of sp³-hybridized carbons (Fsp3) is 0.692. The van der Waals surface area contributed by atoms with E-state index in [2.05, 4.69) is 16.9 Å². The lowest BCUT2D eigenvalue weighted by atomic mass is 10.0. The zero-order valence-corrected chi connectivity index (χ0v) is 12.0. The molecule has 1 unspecified atom stereocenters. The van der Waals surface area contributed by atoms with Gasteiger partial charge in [-0.05, 0) is 18.8 Å². The Morgan fingerprint density at radius 3 is 2.95 bits per heavy atom. The van der Waals surface area contributed by atoms with Gasteiger partial charge in [0.15, 0.2) is 5.96 Å². The van der Waals surface area contributed by atoms with E-state index < -0.39 is 12.7 Å². The average molecular weight is 303 g/mol. The summed E-state index contributed by atoms with van der Waals surface area (Å²) in [7, 11) is 0. The van der Waals surface area contributed by atoms with Crippen molar-refractivity contribution in [2.75, 3.05) is 13.1 Å². The van der Waals surface area contributed by atoms with Crippen molar-refractivity contribution in [3.63, 3.8) is 0 Å². The predicted molar refractivity (Wildman–Crippen MR) is 73.6 cm³/mol. The third-order valence-electron chi connectivity index (χ3n) is 3.51. The third kappa shape index (κ3) is 4.64. The maximum absolute atomic E-state index is 12.4. The number of hydrogen-bond acceptors (Lipinski definition) is 2. The second-order valence-electron chi connectivity index (χ2n) is 5.45. The molecule has 21 heavy (non-hydrogen) atoms. The van der Waals surface area contributed by atoms with Crippen LogP contribution in [0.4, 0.5) is 13.2 Å². The fourth-order valence-electron chi connectivity index (χ4n) is 2.48. The van der Waals surface area contributed by atoms with Crippen molar-refractivity contribution >= 4 is 5.96 Å². The third-order valence-corrected chi connectivity index (χ3v) is 3.51. The lowest BCUT2D eigenvalue weighted by molar-refractivity contribution is -0.141. The Morgan fingerprint density at radius 2 is 2.29 bits per heavy atom. The van der Waals surface area contributed by atoms with Gasteiger partial charge in [-0.15, -0.1) is 0 Å². The smallest absolute Gasteiger partial charge is 0.370 e. The normalized spacial score (nSPS) is 20.9. The molecule has 1 aromatic heterocycles. The molecule has 1 aromatic rings. The first-order valence-electron chi connectivity index (χ1n) is 6.97. The van der Waals surface area contributed by atoms with E-state index >= 15 is 0 Å². The maximum Gasteiger partial charge on any atom is 0.406 e. The molecule has 1 fully saturated rings. The molecule has 1 aliphatic rings. The molecule has 0 spiro atoms. The number of guanidine groups is 1. The summed E-state index contributed by atoms with van der Waals surface area (Å²) in [6.45, 7) is 2.83. The minimum absolute atomic E-state index is 0.0554. The van der Waals surface area contributed by atoms with E-state index in [9.17, 15) is 13.2 Å². The molecule has 2 heterocycles. The molecular weight excluding hydrogens is 283 g/mol. The summed E-state index contributed by atoms with van der Waals surface area (Å²) < 4.78 is 38.3. The molecule has 0 radical (unpaired) electrons. The maximum atomic E-state index is 12.4. The first-order chi connectivity index (χ1) is 9.85. The summed E-state index contributed by atoms with van der Waals surface area (Å²) in [5.41, 5.74) is 5.92. The van der Waals surface area contributed by atoms with E-state index in [1.54, 1.807) is 0 Å². The monoisotopic (exact) mass is 303 g/mol. The van der Waals surface area contributed by atoms with E-state index in [1.807, 2.05) is 4.90 Å². The van der Waals surface area contributed by atoms with E-state index in [0.29, 0.717) is 11.9 Å². The molecule has 1 saturated heterocycles. The van der Waals surface area contributed by atoms with Crippen LogP contribution >= 0.6 is 0 Å². The van der Waals surface area contributed by atoms with Crippen molar-refractivity contribution < 1.29 is 13.2 Å². The molecule has 0 aromatic carbocycles. The van der Waals surface area contributed by atoms with Crippen LogP contribution in [0.25, 0.3) is 0 Å². The lowest BCUT2D eigenvalue weighted by Crippen LogP contribution is -2.43. The van der Waals surface area contributed by atoms with Gasteiger partial charge in [-0.2, -0.15) is 13.2 Å². The minimum atomic E-state index is -4.27. The Labute approximate surface area is 121 Å². The van der Waals surface area contributed by atoms with Crippen LogP contribution in [-0.2, 0) is 13.1 Å². The van der Waals surface area contributed by atoms with Crippen LogP contribution in [-0.4, -0.2) is 39.7 Å². The molecule has 5 nitrogen and oxygen atoms in total.